The number of hydrogen-bond donors (Lipinski definition) is 2. The second kappa shape index (κ2) is 10.8. The van der Waals surface area contributed by atoms with Gasteiger partial charge in [-0.3, -0.25) is 0 Å². The Bertz CT molecular complexity index is 2150. The van der Waals surface area contributed by atoms with E-state index in [0.29, 0.717) is 0 Å². The van der Waals surface area contributed by atoms with E-state index in [1.165, 1.54) is 49.2 Å². The molecule has 6 aromatic rings. The molecule has 0 spiro atoms. The highest BCUT2D eigenvalue weighted by molar-refractivity contribution is 8.00. The van der Waals surface area contributed by atoms with Crippen LogP contribution < -0.4 is 10.6 Å². The summed E-state index contributed by atoms with van der Waals surface area (Å²) >= 11 is 1.92. The summed E-state index contributed by atoms with van der Waals surface area (Å²) < 4.78 is 0. The van der Waals surface area contributed by atoms with Gasteiger partial charge in [-0.15, -0.1) is 0 Å². The number of nitrogens with one attached hydrogen (secondary N) is 2. The predicted molar refractivity (Wildman–Crippen MR) is 187 cm³/mol. The highest BCUT2D eigenvalue weighted by Gasteiger charge is 2.30. The fraction of sp³-hybridized carbons (Fsp3) is 0.100. The second-order valence-corrected chi connectivity index (χ2v) is 13.0. The average Bonchev–Trinajstić information content (AvgIpc) is 3.56. The summed E-state index contributed by atoms with van der Waals surface area (Å²) in [4.78, 5) is 11.4. The van der Waals surface area contributed by atoms with Crippen LogP contribution in [0, 0.1) is 0 Å². The monoisotopic (exact) mass is 598 g/mol. The highest BCUT2D eigenvalue weighted by Crippen LogP contribution is 2.53. The van der Waals surface area contributed by atoms with Crippen LogP contribution in [0.25, 0.3) is 21.9 Å². The number of fused-ring (bicyclic) bond motifs is 6. The summed E-state index contributed by atoms with van der Waals surface area (Å²) in [5.74, 6) is 1.59. The number of hydrogen-bond acceptors (Lipinski definition) is 5. The first-order valence-corrected chi connectivity index (χ1v) is 16.4. The molecule has 2 N–H and O–H groups in total. The summed E-state index contributed by atoms with van der Waals surface area (Å²) in [6.07, 6.45) is 1.81. The topological polar surface area (TPSA) is 48.8 Å². The zero-order chi connectivity index (χ0) is 29.7. The minimum Gasteiger partial charge on any atom is -0.368 e. The lowest BCUT2D eigenvalue weighted by Crippen LogP contribution is -2.33. The van der Waals surface area contributed by atoms with E-state index in [1.54, 1.807) is 0 Å². The summed E-state index contributed by atoms with van der Waals surface area (Å²) in [5.41, 5.74) is 11.3. The molecule has 0 bridgehead atoms. The highest BCUT2D eigenvalue weighted by atomic mass is 32.2. The molecule has 216 valence electrons. The Labute approximate surface area is 267 Å². The molecule has 9 rings (SSSR count). The molecule has 2 atom stereocenters. The van der Waals surface area contributed by atoms with Crippen LogP contribution in [-0.4, -0.2) is 11.7 Å². The van der Waals surface area contributed by atoms with Gasteiger partial charge in [-0.1, -0.05) is 133 Å². The fourth-order valence-corrected chi connectivity index (χ4v) is 7.92. The van der Waals surface area contributed by atoms with Gasteiger partial charge in [-0.25, -0.2) is 9.98 Å². The molecule has 0 amide bonds. The smallest absolute Gasteiger partial charge is 0.159 e. The van der Waals surface area contributed by atoms with Gasteiger partial charge in [0.25, 0.3) is 0 Å². The number of anilines is 1. The van der Waals surface area contributed by atoms with Crippen molar-refractivity contribution in [2.75, 3.05) is 5.32 Å². The Morgan fingerprint density at radius 2 is 1.33 bits per heavy atom. The summed E-state index contributed by atoms with van der Waals surface area (Å²) in [6, 6.07) is 47.6. The van der Waals surface area contributed by atoms with E-state index >= 15 is 0 Å². The van der Waals surface area contributed by atoms with Gasteiger partial charge in [0.1, 0.15) is 17.4 Å². The van der Waals surface area contributed by atoms with Crippen molar-refractivity contribution in [3.05, 3.63) is 167 Å². The zero-order valence-corrected chi connectivity index (χ0v) is 25.4. The molecule has 2 heterocycles. The summed E-state index contributed by atoms with van der Waals surface area (Å²) in [6.45, 7) is 0. The van der Waals surface area contributed by atoms with Crippen LogP contribution >= 0.6 is 11.8 Å². The minimum atomic E-state index is -0.230. The van der Waals surface area contributed by atoms with Crippen LogP contribution in [0.2, 0.25) is 0 Å². The first kappa shape index (κ1) is 26.3. The standard InChI is InChI=1S/C40H30N4S/c1-3-10-27(11-4-1)37-42-38(28-12-5-2-6-13-28)44-39(43-37)31-19-21-33-30(24-31)17-16-26-20-22-34-36(35(26)33)41-40(45-34)32-18-15-25-9-7-8-14-29(25)23-32/h1-15,18-24,39-41H,16-17H2,(H,42,43,44). The number of thioether (sulfide) groups is 1. The van der Waals surface area contributed by atoms with Crippen molar-refractivity contribution < 1.29 is 0 Å². The van der Waals surface area contributed by atoms with E-state index in [0.717, 1.165) is 41.2 Å². The summed E-state index contributed by atoms with van der Waals surface area (Å²) in [5, 5.41) is 10.3. The maximum Gasteiger partial charge on any atom is 0.159 e. The van der Waals surface area contributed by atoms with Crippen molar-refractivity contribution in [1.82, 2.24) is 5.32 Å². The van der Waals surface area contributed by atoms with Crippen LogP contribution in [0.5, 0.6) is 0 Å². The minimum absolute atomic E-state index is 0.189. The van der Waals surface area contributed by atoms with E-state index in [1.807, 2.05) is 48.2 Å². The molecule has 2 unspecified atom stereocenters. The van der Waals surface area contributed by atoms with E-state index in [9.17, 15) is 0 Å². The first-order valence-electron chi connectivity index (χ1n) is 15.5. The first-order chi connectivity index (χ1) is 22.3. The van der Waals surface area contributed by atoms with Crippen molar-refractivity contribution in [2.45, 2.75) is 29.3 Å². The second-order valence-electron chi connectivity index (χ2n) is 11.8. The molecule has 1 aliphatic carbocycles. The Morgan fingerprint density at radius 1 is 0.600 bits per heavy atom. The quantitative estimate of drug-likeness (QED) is 0.213. The zero-order valence-electron chi connectivity index (χ0n) is 24.6. The molecule has 45 heavy (non-hydrogen) atoms. The van der Waals surface area contributed by atoms with E-state index < -0.39 is 0 Å². The lowest BCUT2D eigenvalue weighted by molar-refractivity contribution is 0.672. The lowest BCUT2D eigenvalue weighted by Gasteiger charge is -2.27. The van der Waals surface area contributed by atoms with E-state index in [4.69, 9.17) is 9.98 Å². The Kier molecular flexibility index (Phi) is 6.30. The fourth-order valence-electron chi connectivity index (χ4n) is 6.78. The maximum absolute atomic E-state index is 5.12. The molecule has 0 fully saturated rings. The van der Waals surface area contributed by atoms with Crippen LogP contribution in [0.15, 0.2) is 148 Å². The van der Waals surface area contributed by atoms with Crippen LogP contribution in [0.4, 0.5) is 5.69 Å². The van der Waals surface area contributed by atoms with Crippen molar-refractivity contribution in [2.24, 2.45) is 9.98 Å². The van der Waals surface area contributed by atoms with Crippen molar-refractivity contribution in [1.29, 1.82) is 0 Å². The number of rotatable bonds is 4. The molecular formula is C40H30N4S. The molecule has 6 aromatic carbocycles. The van der Waals surface area contributed by atoms with E-state index in [2.05, 4.69) is 108 Å². The number of aryl methyl sites for hydroxylation is 2. The number of aliphatic imine (C=N–C) groups is 2. The third-order valence-corrected chi connectivity index (χ3v) is 10.3. The molecule has 0 saturated carbocycles. The lowest BCUT2D eigenvalue weighted by atomic mass is 9.83. The van der Waals surface area contributed by atoms with Gasteiger partial charge < -0.3 is 10.6 Å². The molecule has 4 nitrogen and oxygen atoms in total. The molecule has 0 aromatic heterocycles. The van der Waals surface area contributed by atoms with Crippen LogP contribution in [-0.2, 0) is 12.8 Å². The number of nitrogens with zero attached hydrogens (tertiary/aromatic N) is 2. The summed E-state index contributed by atoms with van der Waals surface area (Å²) in [7, 11) is 0. The molecule has 5 heteroatoms. The Balaban J connectivity index is 1.07. The van der Waals surface area contributed by atoms with Crippen LogP contribution in [0.1, 0.15) is 44.9 Å². The largest absolute Gasteiger partial charge is 0.368 e. The molecule has 0 radical (unpaired) electrons. The van der Waals surface area contributed by atoms with Gasteiger partial charge in [-0.2, -0.15) is 0 Å². The van der Waals surface area contributed by atoms with E-state index in [-0.39, 0.29) is 11.5 Å². The van der Waals surface area contributed by atoms with Gasteiger partial charge in [-0.05, 0) is 63.6 Å². The maximum atomic E-state index is 5.12. The average molecular weight is 599 g/mol. The van der Waals surface area contributed by atoms with Crippen LogP contribution in [0.3, 0.4) is 0 Å². The SMILES string of the molecule is c1ccc(C2=NC(c3ccc4c(c3)CCc3ccc5c(c3-4)NC(c3ccc4ccccc4c3)S5)NC(c3ccccc3)=N2)cc1. The van der Waals surface area contributed by atoms with Crippen molar-refractivity contribution >= 4 is 39.9 Å². The van der Waals surface area contributed by atoms with Crippen molar-refractivity contribution in [3.8, 4) is 11.1 Å². The van der Waals surface area contributed by atoms with Gasteiger partial charge in [0.2, 0.25) is 0 Å². The van der Waals surface area contributed by atoms with Gasteiger partial charge in [0.05, 0.1) is 5.69 Å². The van der Waals surface area contributed by atoms with Gasteiger partial charge in [0.15, 0.2) is 5.84 Å². The predicted octanol–water partition coefficient (Wildman–Crippen LogP) is 9.32. The molecule has 3 aliphatic rings. The molecule has 0 saturated heterocycles. The Morgan fingerprint density at radius 3 is 2.18 bits per heavy atom. The normalized spacial score (nSPS) is 18.1. The third-order valence-electron chi connectivity index (χ3n) is 9.05. The Hall–Kier alpha value is -5.13. The third kappa shape index (κ3) is 4.71. The number of amidine groups is 2. The number of benzene rings is 6. The molecular weight excluding hydrogens is 569 g/mol. The van der Waals surface area contributed by atoms with Gasteiger partial charge >= 0.3 is 0 Å². The molecule has 2 aliphatic heterocycles. The van der Waals surface area contributed by atoms with Gasteiger partial charge in [0, 0.05) is 21.6 Å². The van der Waals surface area contributed by atoms with Crippen molar-refractivity contribution in [3.63, 3.8) is 0 Å².